The fraction of sp³-hybridized carbons (Fsp3) is 0.357. The summed E-state index contributed by atoms with van der Waals surface area (Å²) in [6, 6.07) is 8.27. The molecule has 1 fully saturated rings. The zero-order valence-corrected chi connectivity index (χ0v) is 10.6. The van der Waals surface area contributed by atoms with E-state index in [1.54, 1.807) is 0 Å². The monoisotopic (exact) mass is 257 g/mol. The number of carbonyl (C=O) groups excluding carboxylic acids is 2. The van der Waals surface area contributed by atoms with Crippen LogP contribution in [-0.2, 0) is 9.59 Å². The molecule has 2 unspecified atom stereocenters. The average Bonchev–Trinajstić information content (AvgIpc) is 2.84. The molecule has 0 aliphatic carbocycles. The number of hydrogen-bond donors (Lipinski definition) is 2. The molecule has 1 saturated heterocycles. The number of hydrogen-bond acceptors (Lipinski definition) is 3. The SMILES string of the molecule is Cc1ccc(C(C#N)NC(=O)C2CCC(=O)N2)cc1. The van der Waals surface area contributed by atoms with Crippen LogP contribution in [-0.4, -0.2) is 17.9 Å². The highest BCUT2D eigenvalue weighted by Gasteiger charge is 2.28. The van der Waals surface area contributed by atoms with E-state index in [4.69, 9.17) is 5.26 Å². The Morgan fingerprint density at radius 3 is 2.68 bits per heavy atom. The van der Waals surface area contributed by atoms with Crippen LogP contribution in [0, 0.1) is 18.3 Å². The summed E-state index contributed by atoms with van der Waals surface area (Å²) < 4.78 is 0. The van der Waals surface area contributed by atoms with E-state index >= 15 is 0 Å². The molecule has 1 aromatic carbocycles. The fourth-order valence-corrected chi connectivity index (χ4v) is 2.00. The van der Waals surface area contributed by atoms with Gasteiger partial charge in [-0.25, -0.2) is 0 Å². The van der Waals surface area contributed by atoms with E-state index in [0.717, 1.165) is 11.1 Å². The lowest BCUT2D eigenvalue weighted by atomic mass is 10.1. The summed E-state index contributed by atoms with van der Waals surface area (Å²) in [6.07, 6.45) is 0.844. The van der Waals surface area contributed by atoms with Crippen molar-refractivity contribution in [2.45, 2.75) is 31.8 Å². The van der Waals surface area contributed by atoms with E-state index < -0.39 is 12.1 Å². The first-order chi connectivity index (χ1) is 9.10. The molecule has 0 spiro atoms. The minimum absolute atomic E-state index is 0.121. The molecule has 1 aromatic rings. The Hall–Kier alpha value is -2.35. The van der Waals surface area contributed by atoms with Crippen LogP contribution < -0.4 is 10.6 Å². The zero-order valence-electron chi connectivity index (χ0n) is 10.6. The second-order valence-corrected chi connectivity index (χ2v) is 4.64. The number of aryl methyl sites for hydroxylation is 1. The van der Waals surface area contributed by atoms with Gasteiger partial charge < -0.3 is 10.6 Å². The van der Waals surface area contributed by atoms with Gasteiger partial charge in [-0.2, -0.15) is 5.26 Å². The van der Waals surface area contributed by atoms with Crippen molar-refractivity contribution in [1.82, 2.24) is 10.6 Å². The van der Waals surface area contributed by atoms with Gasteiger partial charge in [-0.05, 0) is 18.9 Å². The molecular weight excluding hydrogens is 242 g/mol. The van der Waals surface area contributed by atoms with Gasteiger partial charge >= 0.3 is 0 Å². The zero-order chi connectivity index (χ0) is 13.8. The first kappa shape index (κ1) is 13.1. The number of carbonyl (C=O) groups is 2. The van der Waals surface area contributed by atoms with Crippen molar-refractivity contribution in [3.63, 3.8) is 0 Å². The largest absolute Gasteiger partial charge is 0.344 e. The summed E-state index contributed by atoms with van der Waals surface area (Å²) in [5, 5.41) is 14.4. The Labute approximate surface area is 111 Å². The number of benzene rings is 1. The van der Waals surface area contributed by atoms with Crippen LogP contribution in [0.15, 0.2) is 24.3 Å². The van der Waals surface area contributed by atoms with E-state index in [2.05, 4.69) is 16.7 Å². The highest BCUT2D eigenvalue weighted by Crippen LogP contribution is 2.14. The molecule has 2 atom stereocenters. The summed E-state index contributed by atoms with van der Waals surface area (Å²) in [4.78, 5) is 23.0. The maximum Gasteiger partial charge on any atom is 0.243 e. The number of rotatable bonds is 3. The van der Waals surface area contributed by atoms with Crippen LogP contribution in [0.25, 0.3) is 0 Å². The third-order valence-electron chi connectivity index (χ3n) is 3.14. The van der Waals surface area contributed by atoms with E-state index in [1.165, 1.54) is 0 Å². The number of nitrogens with one attached hydrogen (secondary N) is 2. The van der Waals surface area contributed by atoms with Gasteiger partial charge in [0.05, 0.1) is 6.07 Å². The van der Waals surface area contributed by atoms with Gasteiger partial charge in [-0.15, -0.1) is 0 Å². The van der Waals surface area contributed by atoms with Crippen LogP contribution >= 0.6 is 0 Å². The lowest BCUT2D eigenvalue weighted by molar-refractivity contribution is -0.126. The Kier molecular flexibility index (Phi) is 3.81. The molecule has 5 nitrogen and oxygen atoms in total. The second-order valence-electron chi connectivity index (χ2n) is 4.64. The third kappa shape index (κ3) is 3.10. The van der Waals surface area contributed by atoms with Gasteiger partial charge in [-0.3, -0.25) is 9.59 Å². The summed E-state index contributed by atoms with van der Waals surface area (Å²) in [7, 11) is 0. The first-order valence-corrected chi connectivity index (χ1v) is 6.16. The van der Waals surface area contributed by atoms with E-state index in [9.17, 15) is 9.59 Å². The lowest BCUT2D eigenvalue weighted by Gasteiger charge is -2.15. The summed E-state index contributed by atoms with van der Waals surface area (Å²) in [5.74, 6) is -0.429. The number of nitrogens with zero attached hydrogens (tertiary/aromatic N) is 1. The molecule has 5 heteroatoms. The standard InChI is InChI=1S/C14H15N3O2/c1-9-2-4-10(5-3-9)12(8-15)17-14(19)11-6-7-13(18)16-11/h2-5,11-12H,6-7H2,1H3,(H,16,18)(H,17,19). The molecular formula is C14H15N3O2. The molecule has 0 radical (unpaired) electrons. The summed E-state index contributed by atoms with van der Waals surface area (Å²) in [5.41, 5.74) is 1.83. The molecule has 19 heavy (non-hydrogen) atoms. The van der Waals surface area contributed by atoms with Gasteiger partial charge in [0.1, 0.15) is 12.1 Å². The number of nitriles is 1. The van der Waals surface area contributed by atoms with E-state index in [1.807, 2.05) is 31.2 Å². The van der Waals surface area contributed by atoms with Crippen LogP contribution in [0.2, 0.25) is 0 Å². The predicted molar refractivity (Wildman–Crippen MR) is 68.8 cm³/mol. The van der Waals surface area contributed by atoms with Crippen molar-refractivity contribution in [2.24, 2.45) is 0 Å². The molecule has 0 saturated carbocycles. The molecule has 1 aliphatic rings. The van der Waals surface area contributed by atoms with Gasteiger partial charge in [-0.1, -0.05) is 29.8 Å². The fourth-order valence-electron chi connectivity index (χ4n) is 2.00. The van der Waals surface area contributed by atoms with Gasteiger partial charge in [0.2, 0.25) is 11.8 Å². The van der Waals surface area contributed by atoms with Crippen molar-refractivity contribution >= 4 is 11.8 Å². The van der Waals surface area contributed by atoms with Crippen molar-refractivity contribution in [2.75, 3.05) is 0 Å². The maximum absolute atomic E-state index is 11.9. The quantitative estimate of drug-likeness (QED) is 0.846. The smallest absolute Gasteiger partial charge is 0.243 e. The second kappa shape index (κ2) is 5.53. The topological polar surface area (TPSA) is 82.0 Å². The molecule has 2 rings (SSSR count). The Morgan fingerprint density at radius 1 is 1.47 bits per heavy atom. The molecule has 98 valence electrons. The summed E-state index contributed by atoms with van der Waals surface area (Å²) in [6.45, 7) is 1.96. The van der Waals surface area contributed by atoms with Crippen LogP contribution in [0.5, 0.6) is 0 Å². The van der Waals surface area contributed by atoms with E-state index in [0.29, 0.717) is 12.8 Å². The highest BCUT2D eigenvalue weighted by atomic mass is 16.2. The normalized spacial score (nSPS) is 19.4. The Bertz CT molecular complexity index is 531. The Balaban J connectivity index is 2.03. The molecule has 0 bridgehead atoms. The summed E-state index contributed by atoms with van der Waals surface area (Å²) >= 11 is 0. The first-order valence-electron chi connectivity index (χ1n) is 6.16. The number of amides is 2. The predicted octanol–water partition coefficient (Wildman–Crippen LogP) is 0.954. The van der Waals surface area contributed by atoms with Crippen LogP contribution in [0.1, 0.15) is 30.0 Å². The van der Waals surface area contributed by atoms with Gasteiger partial charge in [0.15, 0.2) is 0 Å². The van der Waals surface area contributed by atoms with Crippen molar-refractivity contribution in [1.29, 1.82) is 5.26 Å². The van der Waals surface area contributed by atoms with Gasteiger partial charge in [0, 0.05) is 6.42 Å². The lowest BCUT2D eigenvalue weighted by Crippen LogP contribution is -2.42. The molecule has 1 heterocycles. The van der Waals surface area contributed by atoms with Crippen molar-refractivity contribution in [3.8, 4) is 6.07 Å². The van der Waals surface area contributed by atoms with Gasteiger partial charge in [0.25, 0.3) is 0 Å². The third-order valence-corrected chi connectivity index (χ3v) is 3.14. The van der Waals surface area contributed by atoms with Crippen LogP contribution in [0.3, 0.4) is 0 Å². The van der Waals surface area contributed by atoms with E-state index in [-0.39, 0.29) is 11.8 Å². The maximum atomic E-state index is 11.9. The van der Waals surface area contributed by atoms with Crippen molar-refractivity contribution in [3.05, 3.63) is 35.4 Å². The van der Waals surface area contributed by atoms with Crippen LogP contribution in [0.4, 0.5) is 0 Å². The van der Waals surface area contributed by atoms with Crippen molar-refractivity contribution < 1.29 is 9.59 Å². The molecule has 1 aliphatic heterocycles. The minimum atomic E-state index is -0.689. The highest BCUT2D eigenvalue weighted by molar-refractivity contribution is 5.91. The Morgan fingerprint density at radius 2 is 2.16 bits per heavy atom. The molecule has 2 N–H and O–H groups in total. The minimum Gasteiger partial charge on any atom is -0.344 e. The average molecular weight is 257 g/mol. The molecule has 0 aromatic heterocycles. The molecule has 2 amide bonds.